The van der Waals surface area contributed by atoms with Gasteiger partial charge in [0.2, 0.25) is 0 Å². The van der Waals surface area contributed by atoms with Crippen molar-refractivity contribution >= 4 is 75.3 Å². The van der Waals surface area contributed by atoms with Crippen LogP contribution >= 0.6 is 22.6 Å². The zero-order valence-corrected chi connectivity index (χ0v) is 77.7. The molecule has 6 fully saturated rings. The Hall–Kier alpha value is -0.156. The highest BCUT2D eigenvalue weighted by Crippen LogP contribution is 2.52. The van der Waals surface area contributed by atoms with Gasteiger partial charge >= 0.3 is 0 Å². The molecule has 15 nitrogen and oxygen atoms in total. The molecular formula is C81H146IO15SSi5-. The Bertz CT molecular complexity index is 2960. The molecule has 6 aliphatic rings. The number of aryl methyl sites for hydroxylation is 1. The van der Waals surface area contributed by atoms with Crippen LogP contribution in [0.15, 0.2) is 57.6 Å². The van der Waals surface area contributed by atoms with Crippen LogP contribution in [0.25, 0.3) is 0 Å². The van der Waals surface area contributed by atoms with Crippen molar-refractivity contribution in [3.63, 3.8) is 0 Å². The van der Waals surface area contributed by atoms with Crippen molar-refractivity contribution < 1.29 is 68.8 Å². The van der Waals surface area contributed by atoms with E-state index in [0.29, 0.717) is 51.6 Å². The molecule has 22 heteroatoms. The normalized spacial score (nSPS) is 30.8. The summed E-state index contributed by atoms with van der Waals surface area (Å²) in [5.41, 5.74) is 4.34. The topological polar surface area (TPSA) is 160 Å². The first kappa shape index (κ1) is 90.0. The molecule has 6 unspecified atom stereocenters. The molecule has 103 heavy (non-hydrogen) atoms. The van der Waals surface area contributed by atoms with Gasteiger partial charge in [-0.2, -0.15) is 0 Å². The Labute approximate surface area is 648 Å². The second kappa shape index (κ2) is 35.9. The lowest BCUT2D eigenvalue weighted by Gasteiger charge is -2.56. The van der Waals surface area contributed by atoms with E-state index in [-0.39, 0.29) is 115 Å². The van der Waals surface area contributed by atoms with E-state index in [1.165, 1.54) is 0 Å². The van der Waals surface area contributed by atoms with Crippen LogP contribution in [0.2, 0.25) is 90.7 Å². The maximum atomic E-state index is 13.3. The lowest BCUT2D eigenvalue weighted by atomic mass is 9.77. The van der Waals surface area contributed by atoms with Crippen molar-refractivity contribution in [1.29, 1.82) is 0 Å². The minimum atomic E-state index is -2.61. The van der Waals surface area contributed by atoms with Crippen LogP contribution in [-0.2, 0) is 77.5 Å². The van der Waals surface area contributed by atoms with Crippen LogP contribution in [0.4, 0.5) is 0 Å². The first-order valence-electron chi connectivity index (χ1n) is 39.6. The molecule has 6 heterocycles. The van der Waals surface area contributed by atoms with Gasteiger partial charge < -0.3 is 64.6 Å². The number of methoxy groups -OCH3 is 1. The number of benzene rings is 1. The molecule has 1 aromatic carbocycles. The van der Waals surface area contributed by atoms with Gasteiger partial charge in [-0.25, -0.2) is 0 Å². The number of hydrogen-bond acceptors (Lipinski definition) is 15. The molecule has 0 N–H and O–H groups in total. The Morgan fingerprint density at radius 2 is 1.24 bits per heavy atom. The van der Waals surface area contributed by atoms with E-state index >= 15 is 0 Å². The highest BCUT2D eigenvalue weighted by atomic mass is 127. The van der Waals surface area contributed by atoms with E-state index in [1.807, 2.05) is 19.2 Å². The molecule has 0 amide bonds. The average molecular weight is 1660 g/mol. The summed E-state index contributed by atoms with van der Waals surface area (Å²) in [5, 5.41) is -0.411. The Kier molecular flexibility index (Phi) is 31.4. The third-order valence-corrected chi connectivity index (χ3v) is 50.1. The zero-order valence-electron chi connectivity index (χ0n) is 69.7. The third kappa shape index (κ3) is 22.8. The van der Waals surface area contributed by atoms with E-state index in [4.69, 9.17) is 66.6 Å². The van der Waals surface area contributed by atoms with Crippen molar-refractivity contribution in [1.82, 2.24) is 0 Å². The molecule has 6 saturated heterocycles. The van der Waals surface area contributed by atoms with Gasteiger partial charge in [0, 0.05) is 43.1 Å². The number of hydrogen-bond donors (Lipinski definition) is 0. The first-order valence-corrected chi connectivity index (χ1v) is 56.5. The highest BCUT2D eigenvalue weighted by Gasteiger charge is 2.59. The largest absolute Gasteiger partial charge is 0.768 e. The van der Waals surface area contributed by atoms with E-state index in [9.17, 15) is 8.76 Å². The molecule has 0 aromatic heterocycles. The molecule has 6 aliphatic heterocycles. The molecule has 0 radical (unpaired) electrons. The predicted octanol–water partition coefficient (Wildman–Crippen LogP) is 20.8. The molecule has 0 saturated carbocycles. The van der Waals surface area contributed by atoms with Crippen molar-refractivity contribution in [3.8, 4) is 0 Å². The van der Waals surface area contributed by atoms with Crippen LogP contribution in [0.3, 0.4) is 0 Å². The summed E-state index contributed by atoms with van der Waals surface area (Å²) in [6.07, 6.45) is 8.03. The predicted molar refractivity (Wildman–Crippen MR) is 441 cm³/mol. The second-order valence-corrected chi connectivity index (χ2v) is 64.7. The molecule has 0 bridgehead atoms. The summed E-state index contributed by atoms with van der Waals surface area (Å²) < 4.78 is 123. The van der Waals surface area contributed by atoms with Crippen LogP contribution in [0, 0.1) is 11.8 Å². The Balaban J connectivity index is 1.30. The molecule has 0 aliphatic carbocycles. The van der Waals surface area contributed by atoms with E-state index < -0.39 is 83.2 Å². The third-order valence-electron chi connectivity index (χ3n) is 26.6. The second-order valence-electron chi connectivity index (χ2n) is 39.2. The minimum Gasteiger partial charge on any atom is -0.768 e. The highest BCUT2D eigenvalue weighted by molar-refractivity contribution is 14.1. The Morgan fingerprint density at radius 3 is 1.81 bits per heavy atom. The van der Waals surface area contributed by atoms with Crippen LogP contribution in [-0.4, -0.2) is 175 Å². The lowest BCUT2D eigenvalue weighted by Crippen LogP contribution is -2.69. The zero-order chi connectivity index (χ0) is 77.2. The van der Waals surface area contributed by atoms with Gasteiger partial charge in [0.15, 0.2) is 47.9 Å². The summed E-state index contributed by atoms with van der Waals surface area (Å²) >= 11 is -0.144. The van der Waals surface area contributed by atoms with Crippen molar-refractivity contribution in [3.05, 3.63) is 63.8 Å². The molecule has 594 valence electrons. The number of halogens is 1. The fourth-order valence-corrected chi connectivity index (χ4v) is 21.9. The van der Waals surface area contributed by atoms with Gasteiger partial charge in [-0.3, -0.25) is 4.21 Å². The maximum Gasteiger partial charge on any atom is 0.193 e. The standard InChI is InChI=1S/C81H147IO15SSi5/c1-31-56-33-36-60(98(83)84)50-63(56)61(65-40-41-66-73(92-65)75(96-102(27,28)80(14,15)16)76(97-103(29,30)81(17,18)19)74(93-66)67(43-44-82)95-101(25,26)79(11,12)13)37-38-62-69(91-70(72(62)85-20)49-59(94-100(23,24)78(8,9)10)52-88-99(21,22)77(5,6)7)51-68-55(4)53(2)47-57(90-68)34-39-64-54(3)48-58(89-64)35-42-71-86-45-32-46-87-71/h33,36,43-44,50,53,57-59,61-62,64-76H,3-4,31-32,34-35,37-42,45-49,51-52H2,1-2,5-30H3,(H,83,84)/p-1/b44-43+/t53-,57+,58+,59?,61+,62+,64+,65?,66+,67?,68-,69+,70-,72-,73+,74+,75?,76?/m1/s1. The molecule has 19 atom stereocenters. The van der Waals surface area contributed by atoms with Crippen LogP contribution in [0.5, 0.6) is 0 Å². The summed E-state index contributed by atoms with van der Waals surface area (Å²) in [4.78, 5) is 0.262. The van der Waals surface area contributed by atoms with Crippen LogP contribution < -0.4 is 0 Å². The van der Waals surface area contributed by atoms with Gasteiger partial charge in [0.05, 0.1) is 87.0 Å². The minimum absolute atomic E-state index is 0.000700. The van der Waals surface area contributed by atoms with Gasteiger partial charge in [-0.1, -0.05) is 160 Å². The molecule has 0 spiro atoms. The fourth-order valence-electron chi connectivity index (χ4n) is 14.8. The van der Waals surface area contributed by atoms with Crippen molar-refractivity contribution in [2.24, 2.45) is 11.8 Å². The van der Waals surface area contributed by atoms with Crippen LogP contribution in [0.1, 0.15) is 218 Å². The molecular weight excluding hydrogens is 1510 g/mol. The first-order chi connectivity index (χ1) is 47.4. The average Bonchev–Trinajstić information content (AvgIpc) is 1.45. The van der Waals surface area contributed by atoms with E-state index in [2.05, 4.69) is 223 Å². The number of rotatable bonds is 31. The SMILES string of the molecule is C=C1C[C@H](CCC2OCCCO2)O[C@H]1CC[C@H]1C[C@@H](C)C(=C)[C@@H](C[C@@H]2O[C@H](CC(CO[Si](C)(C)C(C)(C)C)O[Si](C)(C)C(C)(C)C)[C@H](OC)[C@H]2CC[C@@H](c2cc(S(=O)[O-])ccc2CC)C2CC[C@@H]3O[C@@H](C(/C=C/I)O[Si](C)(C)C(C)(C)C)C(O[Si](C)(C)C(C)(C)C)C(O[Si](C)(C)C(C)(C)C)[C@H]3O2)O1. The van der Waals surface area contributed by atoms with Gasteiger partial charge in [-0.15, -0.1) is 0 Å². The summed E-state index contributed by atoms with van der Waals surface area (Å²) in [5.74, 6) is -0.146. The van der Waals surface area contributed by atoms with Gasteiger partial charge in [0.1, 0.15) is 24.4 Å². The quantitative estimate of drug-likeness (QED) is 0.0299. The monoisotopic (exact) mass is 1660 g/mol. The van der Waals surface area contributed by atoms with Gasteiger partial charge in [0.25, 0.3) is 0 Å². The molecule has 7 rings (SSSR count). The smallest absolute Gasteiger partial charge is 0.193 e. The Morgan fingerprint density at radius 1 is 0.670 bits per heavy atom. The number of ether oxygens (including phenoxy) is 8. The fraction of sp³-hybridized carbons (Fsp3) is 0.852. The number of fused-ring (bicyclic) bond motifs is 1. The summed E-state index contributed by atoms with van der Waals surface area (Å²) in [7, 11) is -10.3. The summed E-state index contributed by atoms with van der Waals surface area (Å²) in [6, 6.07) is 5.70. The van der Waals surface area contributed by atoms with E-state index in [0.717, 1.165) is 80.4 Å². The summed E-state index contributed by atoms with van der Waals surface area (Å²) in [6.45, 7) is 73.6. The van der Waals surface area contributed by atoms with Crippen molar-refractivity contribution in [2.45, 2.75) is 407 Å². The maximum absolute atomic E-state index is 13.3. The lowest BCUT2D eigenvalue weighted by molar-refractivity contribution is -0.268. The molecule has 1 aromatic rings. The van der Waals surface area contributed by atoms with E-state index in [1.54, 1.807) is 6.07 Å². The van der Waals surface area contributed by atoms with Crippen molar-refractivity contribution in [2.75, 3.05) is 26.9 Å². The van der Waals surface area contributed by atoms with Gasteiger partial charge in [-0.05, 0) is 223 Å².